The number of carbonyl (C=O) groups excluding carboxylic acids is 1. The fourth-order valence-corrected chi connectivity index (χ4v) is 2.57. The zero-order valence-corrected chi connectivity index (χ0v) is 11.8. The summed E-state index contributed by atoms with van der Waals surface area (Å²) in [6, 6.07) is 2.30. The Balaban J connectivity index is 2.07. The number of aryl methyl sites for hydroxylation is 1. The molecule has 0 bridgehead atoms. The highest BCUT2D eigenvalue weighted by atomic mass is 16.2. The van der Waals surface area contributed by atoms with Crippen LogP contribution >= 0.6 is 0 Å². The Morgan fingerprint density at radius 2 is 1.94 bits per heavy atom. The van der Waals surface area contributed by atoms with Gasteiger partial charge < -0.3 is 14.4 Å². The van der Waals surface area contributed by atoms with Crippen molar-refractivity contribution < 1.29 is 4.79 Å². The first-order valence-electron chi connectivity index (χ1n) is 6.58. The molecule has 100 valence electrons. The molecule has 1 aromatic heterocycles. The molecule has 0 saturated carbocycles. The minimum absolute atomic E-state index is 0.155. The summed E-state index contributed by atoms with van der Waals surface area (Å²) in [5.41, 5.74) is 1.87. The van der Waals surface area contributed by atoms with Crippen LogP contribution in [0.1, 0.15) is 28.9 Å². The van der Waals surface area contributed by atoms with Gasteiger partial charge in [0.1, 0.15) is 0 Å². The van der Waals surface area contributed by atoms with Crippen molar-refractivity contribution in [2.45, 2.75) is 25.8 Å². The fraction of sp³-hybridized carbons (Fsp3) is 0.643. The summed E-state index contributed by atoms with van der Waals surface area (Å²) in [7, 11) is 6.05. The lowest BCUT2D eigenvalue weighted by Gasteiger charge is -2.35. The van der Waals surface area contributed by atoms with E-state index in [1.54, 1.807) is 0 Å². The normalized spacial score (nSPS) is 18.0. The molecular formula is C14H23N3O. The van der Waals surface area contributed by atoms with Crippen LogP contribution in [0.2, 0.25) is 0 Å². The van der Waals surface area contributed by atoms with Crippen molar-refractivity contribution in [2.75, 3.05) is 27.2 Å². The van der Waals surface area contributed by atoms with Crippen molar-refractivity contribution >= 4 is 5.91 Å². The molecule has 4 heteroatoms. The Kier molecular flexibility index (Phi) is 3.76. The van der Waals surface area contributed by atoms with Crippen molar-refractivity contribution in [1.82, 2.24) is 14.4 Å². The van der Waals surface area contributed by atoms with Crippen LogP contribution in [0.3, 0.4) is 0 Å². The van der Waals surface area contributed by atoms with Gasteiger partial charge in [0.25, 0.3) is 5.91 Å². The van der Waals surface area contributed by atoms with E-state index in [-0.39, 0.29) is 5.91 Å². The van der Waals surface area contributed by atoms with E-state index in [4.69, 9.17) is 0 Å². The first-order valence-corrected chi connectivity index (χ1v) is 6.58. The molecule has 0 spiro atoms. The van der Waals surface area contributed by atoms with Crippen molar-refractivity contribution in [2.24, 2.45) is 7.05 Å². The Morgan fingerprint density at radius 1 is 1.33 bits per heavy atom. The third-order valence-electron chi connectivity index (χ3n) is 4.17. The zero-order chi connectivity index (χ0) is 13.3. The molecule has 1 aromatic rings. The smallest absolute Gasteiger partial charge is 0.255 e. The van der Waals surface area contributed by atoms with Gasteiger partial charge >= 0.3 is 0 Å². The topological polar surface area (TPSA) is 28.5 Å². The van der Waals surface area contributed by atoms with E-state index in [2.05, 4.69) is 11.9 Å². The second-order valence-electron chi connectivity index (χ2n) is 5.38. The molecule has 4 nitrogen and oxygen atoms in total. The van der Waals surface area contributed by atoms with Crippen molar-refractivity contribution in [3.05, 3.63) is 23.5 Å². The maximum absolute atomic E-state index is 12.5. The number of hydrogen-bond acceptors (Lipinski definition) is 2. The average molecular weight is 249 g/mol. The van der Waals surface area contributed by atoms with Gasteiger partial charge in [-0.3, -0.25) is 4.79 Å². The van der Waals surface area contributed by atoms with Crippen molar-refractivity contribution in [3.8, 4) is 0 Å². The third kappa shape index (κ3) is 2.43. The Labute approximate surface area is 109 Å². The first-order chi connectivity index (χ1) is 8.50. The number of aromatic nitrogens is 1. The predicted molar refractivity (Wildman–Crippen MR) is 72.8 cm³/mol. The van der Waals surface area contributed by atoms with Crippen molar-refractivity contribution in [3.63, 3.8) is 0 Å². The molecular weight excluding hydrogens is 226 g/mol. The van der Waals surface area contributed by atoms with Gasteiger partial charge in [0.05, 0.1) is 5.56 Å². The van der Waals surface area contributed by atoms with Gasteiger partial charge in [0.2, 0.25) is 0 Å². The minimum Gasteiger partial charge on any atom is -0.354 e. The summed E-state index contributed by atoms with van der Waals surface area (Å²) in [5, 5.41) is 0. The Hall–Kier alpha value is -1.29. The highest BCUT2D eigenvalue weighted by Crippen LogP contribution is 2.18. The van der Waals surface area contributed by atoms with Crippen LogP contribution in [0, 0.1) is 6.92 Å². The van der Waals surface area contributed by atoms with E-state index in [0.29, 0.717) is 6.04 Å². The summed E-state index contributed by atoms with van der Waals surface area (Å²) >= 11 is 0. The number of piperidine rings is 1. The van der Waals surface area contributed by atoms with Crippen LogP contribution < -0.4 is 0 Å². The number of carbonyl (C=O) groups is 1. The van der Waals surface area contributed by atoms with Crippen LogP contribution in [0.5, 0.6) is 0 Å². The first kappa shape index (κ1) is 13.1. The third-order valence-corrected chi connectivity index (χ3v) is 4.17. The van der Waals surface area contributed by atoms with Crippen LogP contribution in [-0.2, 0) is 7.05 Å². The predicted octanol–water partition coefficient (Wildman–Crippen LogP) is 1.50. The van der Waals surface area contributed by atoms with E-state index in [1.165, 1.54) is 0 Å². The van der Waals surface area contributed by atoms with Crippen molar-refractivity contribution in [1.29, 1.82) is 0 Å². The van der Waals surface area contributed by atoms with Gasteiger partial charge in [-0.05, 0) is 46.0 Å². The van der Waals surface area contributed by atoms with E-state index in [1.807, 2.05) is 42.7 Å². The summed E-state index contributed by atoms with van der Waals surface area (Å²) in [4.78, 5) is 16.7. The van der Waals surface area contributed by atoms with Gasteiger partial charge in [-0.15, -0.1) is 0 Å². The maximum atomic E-state index is 12.5. The quantitative estimate of drug-likeness (QED) is 0.794. The van der Waals surface area contributed by atoms with Crippen LogP contribution in [0.25, 0.3) is 0 Å². The van der Waals surface area contributed by atoms with Gasteiger partial charge in [-0.2, -0.15) is 0 Å². The summed E-state index contributed by atoms with van der Waals surface area (Å²) in [5.74, 6) is 0.155. The molecule has 1 fully saturated rings. The molecule has 1 aliphatic heterocycles. The Bertz CT molecular complexity index is 430. The molecule has 1 aliphatic rings. The molecule has 0 unspecified atom stereocenters. The molecule has 0 N–H and O–H groups in total. The summed E-state index contributed by atoms with van der Waals surface area (Å²) in [6.45, 7) is 4.15. The minimum atomic E-state index is 0.155. The number of nitrogens with zero attached hydrogens (tertiary/aromatic N) is 3. The number of rotatable bonds is 2. The standard InChI is InChI=1S/C14H23N3O/c1-11-13(7-10-16(11)3)14(18)17(4)12-5-8-15(2)9-6-12/h7,10,12H,5-6,8-9H2,1-4H3. The number of amides is 1. The van der Waals surface area contributed by atoms with Crippen LogP contribution in [0.15, 0.2) is 12.3 Å². The maximum Gasteiger partial charge on any atom is 0.255 e. The van der Waals surface area contributed by atoms with Gasteiger partial charge in [-0.1, -0.05) is 0 Å². The average Bonchev–Trinajstić information content (AvgIpc) is 2.69. The van der Waals surface area contributed by atoms with E-state index in [9.17, 15) is 4.79 Å². The monoisotopic (exact) mass is 249 g/mol. The summed E-state index contributed by atoms with van der Waals surface area (Å²) < 4.78 is 2.00. The Morgan fingerprint density at radius 3 is 2.44 bits per heavy atom. The summed E-state index contributed by atoms with van der Waals surface area (Å²) in [6.07, 6.45) is 4.10. The SMILES string of the molecule is Cc1c(C(=O)N(C)C2CCN(C)CC2)ccn1C. The van der Waals surface area contributed by atoms with Crippen LogP contribution in [-0.4, -0.2) is 53.5 Å². The molecule has 2 heterocycles. The second kappa shape index (κ2) is 5.14. The largest absolute Gasteiger partial charge is 0.354 e. The number of hydrogen-bond donors (Lipinski definition) is 0. The second-order valence-corrected chi connectivity index (χ2v) is 5.38. The molecule has 1 amide bonds. The van der Waals surface area contributed by atoms with E-state index < -0.39 is 0 Å². The number of likely N-dealkylation sites (tertiary alicyclic amines) is 1. The lowest BCUT2D eigenvalue weighted by Crippen LogP contribution is -2.44. The van der Waals surface area contributed by atoms with Gasteiger partial charge in [0.15, 0.2) is 0 Å². The van der Waals surface area contributed by atoms with E-state index in [0.717, 1.165) is 37.2 Å². The fourth-order valence-electron chi connectivity index (χ4n) is 2.57. The van der Waals surface area contributed by atoms with Gasteiger partial charge in [0, 0.05) is 32.0 Å². The molecule has 0 aliphatic carbocycles. The highest BCUT2D eigenvalue weighted by Gasteiger charge is 2.25. The van der Waals surface area contributed by atoms with Crippen LogP contribution in [0.4, 0.5) is 0 Å². The highest BCUT2D eigenvalue weighted by molar-refractivity contribution is 5.95. The molecule has 1 saturated heterocycles. The lowest BCUT2D eigenvalue weighted by atomic mass is 10.0. The molecule has 0 radical (unpaired) electrons. The molecule has 2 rings (SSSR count). The van der Waals surface area contributed by atoms with E-state index >= 15 is 0 Å². The molecule has 18 heavy (non-hydrogen) atoms. The van der Waals surface area contributed by atoms with Gasteiger partial charge in [-0.25, -0.2) is 0 Å². The zero-order valence-electron chi connectivity index (χ0n) is 11.8. The molecule has 0 atom stereocenters. The lowest BCUT2D eigenvalue weighted by molar-refractivity contribution is 0.0659. The molecule has 0 aromatic carbocycles.